The summed E-state index contributed by atoms with van der Waals surface area (Å²) < 4.78 is 11.3. The van der Waals surface area contributed by atoms with Gasteiger partial charge in [-0.05, 0) is 50.6 Å². The molecule has 0 bridgehead atoms. The minimum absolute atomic E-state index is 0.384. The van der Waals surface area contributed by atoms with Crippen LogP contribution in [0.15, 0.2) is 34.9 Å². The zero-order chi connectivity index (χ0) is 17.6. The molecule has 1 saturated carbocycles. The third-order valence-corrected chi connectivity index (χ3v) is 5.41. The van der Waals surface area contributed by atoms with Gasteiger partial charge < -0.3 is 14.2 Å². The highest BCUT2D eigenvalue weighted by Crippen LogP contribution is 2.38. The smallest absolute Gasteiger partial charge is 0.229 e. The van der Waals surface area contributed by atoms with Crippen LogP contribution in [-0.2, 0) is 17.6 Å². The van der Waals surface area contributed by atoms with E-state index in [1.54, 1.807) is 0 Å². The Labute approximate surface area is 155 Å². The van der Waals surface area contributed by atoms with Crippen LogP contribution in [0, 0.1) is 0 Å². The second-order valence-electron chi connectivity index (χ2n) is 7.57. The van der Waals surface area contributed by atoms with Gasteiger partial charge in [0.2, 0.25) is 5.89 Å². The highest BCUT2D eigenvalue weighted by Gasteiger charge is 2.29. The highest BCUT2D eigenvalue weighted by atomic mass is 16.5. The molecule has 1 saturated heterocycles. The molecular weight excluding hydrogens is 326 g/mol. The number of piperidine rings is 1. The van der Waals surface area contributed by atoms with Crippen molar-refractivity contribution in [2.45, 2.75) is 57.0 Å². The van der Waals surface area contributed by atoms with Gasteiger partial charge in [0.15, 0.2) is 5.82 Å². The van der Waals surface area contributed by atoms with Crippen molar-refractivity contribution in [2.75, 3.05) is 26.2 Å². The van der Waals surface area contributed by atoms with E-state index in [1.165, 1.54) is 37.8 Å². The van der Waals surface area contributed by atoms with Crippen LogP contribution in [-0.4, -0.2) is 47.4 Å². The zero-order valence-corrected chi connectivity index (χ0v) is 15.5. The molecule has 4 rings (SSSR count). The molecule has 0 N–H and O–H groups in total. The molecule has 1 aromatic heterocycles. The first-order chi connectivity index (χ1) is 12.9. The van der Waals surface area contributed by atoms with Crippen LogP contribution in [0.2, 0.25) is 0 Å². The SMILES string of the molecule is c1ccc(CCCN2CCC(OCCc3noc(C4CC4)n3)CC2)cc1. The molecule has 1 aliphatic heterocycles. The number of hydrogen-bond donors (Lipinski definition) is 0. The quantitative estimate of drug-likeness (QED) is 0.688. The van der Waals surface area contributed by atoms with Gasteiger partial charge >= 0.3 is 0 Å². The van der Waals surface area contributed by atoms with E-state index in [0.29, 0.717) is 18.6 Å². The summed E-state index contributed by atoms with van der Waals surface area (Å²) in [6.45, 7) is 4.18. The van der Waals surface area contributed by atoms with Crippen molar-refractivity contribution < 1.29 is 9.26 Å². The Bertz CT molecular complexity index is 661. The van der Waals surface area contributed by atoms with Gasteiger partial charge in [0.1, 0.15) is 0 Å². The fourth-order valence-corrected chi connectivity index (χ4v) is 3.63. The number of ether oxygens (including phenoxy) is 1. The summed E-state index contributed by atoms with van der Waals surface area (Å²) in [5, 5.41) is 4.06. The summed E-state index contributed by atoms with van der Waals surface area (Å²) in [6.07, 6.45) is 8.20. The average molecular weight is 355 g/mol. The first-order valence-electron chi connectivity index (χ1n) is 10.1. The first kappa shape index (κ1) is 17.7. The number of aromatic nitrogens is 2. The van der Waals surface area contributed by atoms with E-state index in [9.17, 15) is 0 Å². The summed E-state index contributed by atoms with van der Waals surface area (Å²) in [6, 6.07) is 10.8. The minimum atomic E-state index is 0.384. The van der Waals surface area contributed by atoms with Crippen LogP contribution in [0.3, 0.4) is 0 Å². The molecule has 1 aromatic carbocycles. The summed E-state index contributed by atoms with van der Waals surface area (Å²) in [7, 11) is 0. The highest BCUT2D eigenvalue weighted by molar-refractivity contribution is 5.14. The summed E-state index contributed by atoms with van der Waals surface area (Å²) in [5.74, 6) is 2.15. The van der Waals surface area contributed by atoms with Crippen molar-refractivity contribution in [3.8, 4) is 0 Å². The molecule has 0 radical (unpaired) electrons. The monoisotopic (exact) mass is 355 g/mol. The van der Waals surface area contributed by atoms with Crippen LogP contribution < -0.4 is 0 Å². The fraction of sp³-hybridized carbons (Fsp3) is 0.619. The van der Waals surface area contributed by atoms with E-state index >= 15 is 0 Å². The standard InChI is InChI=1S/C21H29N3O2/c1-2-5-17(6-3-1)7-4-13-24-14-10-19(11-15-24)25-16-12-20-22-21(26-23-20)18-8-9-18/h1-3,5-6,18-19H,4,7-16H2. The lowest BCUT2D eigenvalue weighted by Crippen LogP contribution is -2.37. The first-order valence-corrected chi connectivity index (χ1v) is 10.1. The average Bonchev–Trinajstić information content (AvgIpc) is 3.43. The number of hydrogen-bond acceptors (Lipinski definition) is 5. The molecule has 26 heavy (non-hydrogen) atoms. The molecule has 0 amide bonds. The Morgan fingerprint density at radius 3 is 2.62 bits per heavy atom. The van der Waals surface area contributed by atoms with Crippen LogP contribution in [0.4, 0.5) is 0 Å². The van der Waals surface area contributed by atoms with E-state index in [1.807, 2.05) is 0 Å². The van der Waals surface area contributed by atoms with Gasteiger partial charge in [0.25, 0.3) is 0 Å². The van der Waals surface area contributed by atoms with E-state index < -0.39 is 0 Å². The van der Waals surface area contributed by atoms with Crippen LogP contribution in [0.25, 0.3) is 0 Å². The van der Waals surface area contributed by atoms with Gasteiger partial charge in [-0.25, -0.2) is 0 Å². The summed E-state index contributed by atoms with van der Waals surface area (Å²) >= 11 is 0. The molecular formula is C21H29N3O2. The molecule has 5 nitrogen and oxygen atoms in total. The van der Waals surface area contributed by atoms with E-state index in [-0.39, 0.29) is 0 Å². The van der Waals surface area contributed by atoms with Crippen molar-refractivity contribution in [1.29, 1.82) is 0 Å². The number of benzene rings is 1. The molecule has 1 aliphatic carbocycles. The lowest BCUT2D eigenvalue weighted by molar-refractivity contribution is 0.00828. The number of rotatable bonds is 9. The van der Waals surface area contributed by atoms with Crippen LogP contribution in [0.1, 0.15) is 55.3 Å². The zero-order valence-electron chi connectivity index (χ0n) is 15.5. The van der Waals surface area contributed by atoms with Gasteiger partial charge in [0.05, 0.1) is 12.7 Å². The van der Waals surface area contributed by atoms with E-state index in [2.05, 4.69) is 45.4 Å². The Balaban J connectivity index is 1.08. The lowest BCUT2D eigenvalue weighted by Gasteiger charge is -2.31. The molecule has 0 spiro atoms. The van der Waals surface area contributed by atoms with Gasteiger partial charge in [0, 0.05) is 25.4 Å². The normalized spacial score (nSPS) is 19.1. The Kier molecular flexibility index (Phi) is 5.97. The van der Waals surface area contributed by atoms with Crippen molar-refractivity contribution in [1.82, 2.24) is 15.0 Å². The maximum absolute atomic E-state index is 6.05. The molecule has 2 fully saturated rings. The number of aryl methyl sites for hydroxylation is 1. The Morgan fingerprint density at radius 1 is 1.04 bits per heavy atom. The molecule has 2 aromatic rings. The van der Waals surface area contributed by atoms with Crippen molar-refractivity contribution in [3.63, 3.8) is 0 Å². The second-order valence-corrected chi connectivity index (χ2v) is 7.57. The van der Waals surface area contributed by atoms with Gasteiger partial charge in [-0.2, -0.15) is 4.98 Å². The predicted octanol–water partition coefficient (Wildman–Crippen LogP) is 3.60. The maximum Gasteiger partial charge on any atom is 0.229 e. The molecule has 2 heterocycles. The van der Waals surface area contributed by atoms with Crippen LogP contribution in [0.5, 0.6) is 0 Å². The van der Waals surface area contributed by atoms with Crippen molar-refractivity contribution in [2.24, 2.45) is 0 Å². The van der Waals surface area contributed by atoms with E-state index in [0.717, 1.165) is 44.1 Å². The third-order valence-electron chi connectivity index (χ3n) is 5.41. The van der Waals surface area contributed by atoms with E-state index in [4.69, 9.17) is 9.26 Å². The topological polar surface area (TPSA) is 51.4 Å². The minimum Gasteiger partial charge on any atom is -0.378 e. The molecule has 0 unspecified atom stereocenters. The molecule has 5 heteroatoms. The molecule has 2 aliphatic rings. The summed E-state index contributed by atoms with van der Waals surface area (Å²) in [4.78, 5) is 7.03. The lowest BCUT2D eigenvalue weighted by atomic mass is 10.1. The maximum atomic E-state index is 6.05. The fourth-order valence-electron chi connectivity index (χ4n) is 3.63. The van der Waals surface area contributed by atoms with Crippen molar-refractivity contribution >= 4 is 0 Å². The van der Waals surface area contributed by atoms with Gasteiger partial charge in [-0.3, -0.25) is 0 Å². The van der Waals surface area contributed by atoms with Gasteiger partial charge in [-0.1, -0.05) is 35.5 Å². The van der Waals surface area contributed by atoms with Crippen LogP contribution >= 0.6 is 0 Å². The third kappa shape index (κ3) is 5.15. The number of nitrogens with zero attached hydrogens (tertiary/aromatic N) is 3. The summed E-state index contributed by atoms with van der Waals surface area (Å²) in [5.41, 5.74) is 1.44. The molecule has 140 valence electrons. The second kappa shape index (κ2) is 8.78. The van der Waals surface area contributed by atoms with Gasteiger partial charge in [-0.15, -0.1) is 0 Å². The van der Waals surface area contributed by atoms with Crippen molar-refractivity contribution in [3.05, 3.63) is 47.6 Å². The predicted molar refractivity (Wildman–Crippen MR) is 100 cm³/mol. The number of likely N-dealkylation sites (tertiary alicyclic amines) is 1. The Hall–Kier alpha value is -1.72. The largest absolute Gasteiger partial charge is 0.378 e. The molecule has 0 atom stereocenters. The Morgan fingerprint density at radius 2 is 1.85 bits per heavy atom.